The lowest BCUT2D eigenvalue weighted by atomic mass is 10.0. The maximum Gasteiger partial charge on any atom is 0.410 e. The van der Waals surface area contributed by atoms with Gasteiger partial charge in [-0.3, -0.25) is 14.5 Å². The van der Waals surface area contributed by atoms with Crippen molar-refractivity contribution in [2.45, 2.75) is 84.7 Å². The van der Waals surface area contributed by atoms with Crippen molar-refractivity contribution in [3.63, 3.8) is 0 Å². The summed E-state index contributed by atoms with van der Waals surface area (Å²) in [7, 11) is 1.90. The lowest BCUT2D eigenvalue weighted by Crippen LogP contribution is -2.54. The van der Waals surface area contributed by atoms with Crippen molar-refractivity contribution in [1.29, 1.82) is 0 Å². The number of aromatic hydroxyl groups is 1. The van der Waals surface area contributed by atoms with E-state index in [0.29, 0.717) is 57.4 Å². The van der Waals surface area contributed by atoms with Gasteiger partial charge in [-0.25, -0.2) is 4.79 Å². The van der Waals surface area contributed by atoms with Crippen molar-refractivity contribution < 1.29 is 24.2 Å². The van der Waals surface area contributed by atoms with Crippen LogP contribution in [0.3, 0.4) is 0 Å². The van der Waals surface area contributed by atoms with Crippen LogP contribution in [0.1, 0.15) is 69.6 Å². The number of amides is 3. The Bertz CT molecular complexity index is 1300. The van der Waals surface area contributed by atoms with Crippen molar-refractivity contribution in [2.24, 2.45) is 0 Å². The maximum atomic E-state index is 12.6. The molecular formula is C39H62N6O5. The van der Waals surface area contributed by atoms with Crippen LogP contribution in [0.2, 0.25) is 0 Å². The van der Waals surface area contributed by atoms with Crippen molar-refractivity contribution in [1.82, 2.24) is 24.9 Å². The Morgan fingerprint density at radius 3 is 2.26 bits per heavy atom. The molecule has 2 aromatic carbocycles. The average molecular weight is 695 g/mol. The fraction of sp³-hybridized carbons (Fsp3) is 0.615. The summed E-state index contributed by atoms with van der Waals surface area (Å²) in [5.74, 6) is 0.305. The van der Waals surface area contributed by atoms with E-state index >= 15 is 0 Å². The van der Waals surface area contributed by atoms with E-state index in [0.717, 1.165) is 75.9 Å². The van der Waals surface area contributed by atoms with Gasteiger partial charge in [0.15, 0.2) is 6.61 Å². The molecule has 3 aliphatic heterocycles. The number of piperazine rings is 1. The van der Waals surface area contributed by atoms with Gasteiger partial charge in [0.1, 0.15) is 5.75 Å². The molecular weight excluding hydrogens is 632 g/mol. The molecule has 2 aromatic rings. The number of nitrogens with one attached hydrogen (secondary N) is 2. The topological polar surface area (TPSA) is 118 Å². The maximum absolute atomic E-state index is 12.6. The van der Waals surface area contributed by atoms with Crippen LogP contribution in [0.5, 0.6) is 5.75 Å². The van der Waals surface area contributed by atoms with E-state index in [4.69, 9.17) is 4.74 Å². The number of anilines is 1. The van der Waals surface area contributed by atoms with Gasteiger partial charge in [0, 0.05) is 70.6 Å². The first-order valence-corrected chi connectivity index (χ1v) is 18.7. The zero-order valence-corrected chi connectivity index (χ0v) is 31.2. The molecule has 0 saturated carbocycles. The number of hydrogen-bond acceptors (Lipinski definition) is 8. The summed E-state index contributed by atoms with van der Waals surface area (Å²) in [6.07, 6.45) is 7.03. The van der Waals surface area contributed by atoms with Crippen LogP contribution in [-0.4, -0.2) is 128 Å². The van der Waals surface area contributed by atoms with Gasteiger partial charge in [-0.2, -0.15) is 0 Å². The van der Waals surface area contributed by atoms with Crippen LogP contribution in [-0.2, 0) is 27.2 Å². The van der Waals surface area contributed by atoms with E-state index in [1.54, 1.807) is 11.0 Å². The first-order chi connectivity index (χ1) is 24.3. The third kappa shape index (κ3) is 12.5. The monoisotopic (exact) mass is 694 g/mol. The molecule has 3 aliphatic rings. The summed E-state index contributed by atoms with van der Waals surface area (Å²) in [4.78, 5) is 44.8. The SMILES string of the molecule is CC.CCCc1cc(C)ccc1O.CNc1ccccc1CCN(C=O)C1CCN(C(=O)OCC(=O)N2CCN(C3CCNCC3)CC2)CC1. The van der Waals surface area contributed by atoms with Gasteiger partial charge in [-0.05, 0) is 81.8 Å². The summed E-state index contributed by atoms with van der Waals surface area (Å²) in [6.45, 7) is 14.9. The van der Waals surface area contributed by atoms with Crippen molar-refractivity contribution in [3.05, 3.63) is 59.2 Å². The number of rotatable bonds is 11. The highest BCUT2D eigenvalue weighted by molar-refractivity contribution is 5.80. The normalized spacial score (nSPS) is 17.1. The number of para-hydroxylation sites is 1. The summed E-state index contributed by atoms with van der Waals surface area (Å²) in [5, 5.41) is 16.0. The number of benzene rings is 2. The fourth-order valence-electron chi connectivity index (χ4n) is 6.93. The Kier molecular flexibility index (Phi) is 17.9. The summed E-state index contributed by atoms with van der Waals surface area (Å²) in [5.41, 5.74) is 4.53. The minimum absolute atomic E-state index is 0.0983. The second kappa shape index (κ2) is 22.1. The second-order valence-corrected chi connectivity index (χ2v) is 13.1. The van der Waals surface area contributed by atoms with Crippen LogP contribution in [0, 0.1) is 6.92 Å². The zero-order chi connectivity index (χ0) is 36.3. The molecule has 0 spiro atoms. The number of hydrogen-bond donors (Lipinski definition) is 3. The number of piperidine rings is 2. The number of likely N-dealkylation sites (tertiary alicyclic amines) is 1. The van der Waals surface area contributed by atoms with Gasteiger partial charge in [-0.1, -0.05) is 63.1 Å². The Balaban J connectivity index is 0.000000439. The Morgan fingerprint density at radius 2 is 1.62 bits per heavy atom. The van der Waals surface area contributed by atoms with Gasteiger partial charge in [0.2, 0.25) is 6.41 Å². The van der Waals surface area contributed by atoms with E-state index in [2.05, 4.69) is 28.5 Å². The fourth-order valence-corrected chi connectivity index (χ4v) is 6.93. The summed E-state index contributed by atoms with van der Waals surface area (Å²) in [6, 6.07) is 14.5. The molecule has 50 heavy (non-hydrogen) atoms. The van der Waals surface area contributed by atoms with Crippen molar-refractivity contribution >= 4 is 24.1 Å². The predicted molar refractivity (Wildman–Crippen MR) is 201 cm³/mol. The molecule has 3 fully saturated rings. The van der Waals surface area contributed by atoms with E-state index in [1.807, 2.05) is 68.0 Å². The van der Waals surface area contributed by atoms with E-state index in [1.165, 1.54) is 11.1 Å². The third-order valence-corrected chi connectivity index (χ3v) is 9.82. The zero-order valence-electron chi connectivity index (χ0n) is 31.2. The molecule has 3 amide bonds. The van der Waals surface area contributed by atoms with Gasteiger partial charge in [0.05, 0.1) is 0 Å². The first-order valence-electron chi connectivity index (χ1n) is 18.7. The van der Waals surface area contributed by atoms with Crippen molar-refractivity contribution in [2.75, 3.05) is 77.9 Å². The van der Waals surface area contributed by atoms with Crippen LogP contribution in [0.15, 0.2) is 42.5 Å². The molecule has 278 valence electrons. The molecule has 3 saturated heterocycles. The molecule has 5 rings (SSSR count). The average Bonchev–Trinajstić information content (AvgIpc) is 3.17. The lowest BCUT2D eigenvalue weighted by molar-refractivity contribution is -0.137. The quantitative estimate of drug-likeness (QED) is 0.285. The lowest BCUT2D eigenvalue weighted by Gasteiger charge is -2.40. The molecule has 0 unspecified atom stereocenters. The molecule has 3 N–H and O–H groups in total. The van der Waals surface area contributed by atoms with Crippen LogP contribution in [0.4, 0.5) is 10.5 Å². The van der Waals surface area contributed by atoms with Crippen LogP contribution >= 0.6 is 0 Å². The minimum Gasteiger partial charge on any atom is -0.508 e. The highest BCUT2D eigenvalue weighted by Crippen LogP contribution is 2.21. The standard InChI is InChI=1S/C27H42N6O4.C10H14O.C2H6/c1-28-25-5-3-2-4-22(25)8-13-33(21-34)24-9-14-32(15-10-24)27(36)37-20-26(35)31-18-16-30(17-19-31)23-6-11-29-12-7-23;1-3-4-9-7-8(2)5-6-10(9)11;1-2/h2-5,21,23-24,28-29H,6-20H2,1H3;5-7,11H,3-4H2,1-2H3;1-2H3. The molecule has 0 aromatic heterocycles. The van der Waals surface area contributed by atoms with Gasteiger partial charge < -0.3 is 35.2 Å². The predicted octanol–water partition coefficient (Wildman–Crippen LogP) is 4.91. The van der Waals surface area contributed by atoms with E-state index in [-0.39, 0.29) is 18.6 Å². The molecule has 0 radical (unpaired) electrons. The van der Waals surface area contributed by atoms with Crippen LogP contribution < -0.4 is 10.6 Å². The number of phenolic OH excluding ortho intramolecular Hbond substituents is 1. The largest absolute Gasteiger partial charge is 0.508 e. The minimum atomic E-state index is -0.444. The first kappa shape index (κ1) is 40.6. The Labute approximate surface area is 300 Å². The Morgan fingerprint density at radius 1 is 0.940 bits per heavy atom. The molecule has 11 heteroatoms. The number of carbonyl (C=O) groups excluding carboxylic acids is 3. The molecule has 0 atom stereocenters. The highest BCUT2D eigenvalue weighted by atomic mass is 16.6. The third-order valence-electron chi connectivity index (χ3n) is 9.82. The van der Waals surface area contributed by atoms with E-state index < -0.39 is 6.09 Å². The van der Waals surface area contributed by atoms with E-state index in [9.17, 15) is 19.5 Å². The second-order valence-electron chi connectivity index (χ2n) is 13.1. The molecule has 3 heterocycles. The van der Waals surface area contributed by atoms with Gasteiger partial charge in [-0.15, -0.1) is 0 Å². The smallest absolute Gasteiger partial charge is 0.410 e. The van der Waals surface area contributed by atoms with Gasteiger partial charge in [0.25, 0.3) is 5.91 Å². The number of ether oxygens (including phenoxy) is 1. The molecule has 0 aliphatic carbocycles. The Hall–Kier alpha value is -3.83. The summed E-state index contributed by atoms with van der Waals surface area (Å²) < 4.78 is 5.38. The number of carbonyl (C=O) groups is 3. The molecule has 11 nitrogen and oxygen atoms in total. The number of aryl methyl sites for hydroxylation is 2. The van der Waals surface area contributed by atoms with Gasteiger partial charge >= 0.3 is 6.09 Å². The van der Waals surface area contributed by atoms with Crippen LogP contribution in [0.25, 0.3) is 0 Å². The number of phenols is 1. The highest BCUT2D eigenvalue weighted by Gasteiger charge is 2.30. The molecule has 0 bridgehead atoms. The summed E-state index contributed by atoms with van der Waals surface area (Å²) >= 11 is 0. The van der Waals surface area contributed by atoms with Crippen molar-refractivity contribution in [3.8, 4) is 5.75 Å². The number of nitrogens with zero attached hydrogens (tertiary/aromatic N) is 4.